The smallest absolute Gasteiger partial charge is 0.335 e. The Labute approximate surface area is 468 Å². The Kier molecular flexibility index (Phi) is 22.3. The molecule has 0 amide bonds. The number of carbonyl (C=O) groups is 3. The third kappa shape index (κ3) is 19.7. The standard InChI is InChI=1S/C22H21NO4S.C21H19NO4S.C19H23NO4S/c24-22(25)20-11-6-9-17(15-20)13-14-19-10-4-5-12-21(19)23-28(26,27)16-18-7-2-1-3-8-18;23-21(24)18-9-6-7-16(15-18)13-14-17-8-4-5-12-20(17)22-27(25,26)19-10-2-1-3-11-19;1-2-3-13-25(23,24)20-18-10-5-4-8-16(18)12-11-15-7-6-9-17(14-15)19(21)22/h1-12,15,23H,13-14,16H2,(H,24,25);1-12,15,22H,13-14H2,(H,23,24);4-10,14,20H,2-3,11-13H2,1H3,(H,21,22). The maximum absolute atomic E-state index is 12.6. The van der Waals surface area contributed by atoms with Gasteiger partial charge in [-0.15, -0.1) is 0 Å². The molecule has 18 heteroatoms. The summed E-state index contributed by atoms with van der Waals surface area (Å²) < 4.78 is 82.5. The van der Waals surface area contributed by atoms with Crippen LogP contribution in [0.3, 0.4) is 0 Å². The first-order valence-corrected chi connectivity index (χ1v) is 30.4. The van der Waals surface area contributed by atoms with Gasteiger partial charge >= 0.3 is 17.9 Å². The van der Waals surface area contributed by atoms with Crippen LogP contribution in [0.2, 0.25) is 0 Å². The van der Waals surface area contributed by atoms with Gasteiger partial charge in [0.25, 0.3) is 10.0 Å². The van der Waals surface area contributed by atoms with Crippen molar-refractivity contribution in [2.75, 3.05) is 19.9 Å². The number of aromatic carboxylic acids is 3. The Balaban J connectivity index is 0.000000194. The van der Waals surface area contributed by atoms with Crippen molar-refractivity contribution in [2.45, 2.75) is 68.9 Å². The molecule has 0 radical (unpaired) electrons. The predicted octanol–water partition coefficient (Wildman–Crippen LogP) is 11.8. The highest BCUT2D eigenvalue weighted by Gasteiger charge is 2.18. The van der Waals surface area contributed by atoms with Gasteiger partial charge in [0.05, 0.1) is 50.2 Å². The van der Waals surface area contributed by atoms with Crippen LogP contribution in [0.4, 0.5) is 17.1 Å². The highest BCUT2D eigenvalue weighted by atomic mass is 32.2. The van der Waals surface area contributed by atoms with Crippen LogP contribution in [0.15, 0.2) is 211 Å². The molecular formula is C62H63N3O12S3. The van der Waals surface area contributed by atoms with E-state index < -0.39 is 48.0 Å². The van der Waals surface area contributed by atoms with Crippen molar-refractivity contribution in [1.82, 2.24) is 0 Å². The average molecular weight is 1140 g/mol. The zero-order valence-electron chi connectivity index (χ0n) is 43.9. The topological polar surface area (TPSA) is 250 Å². The van der Waals surface area contributed by atoms with Gasteiger partial charge in [-0.25, -0.2) is 39.6 Å². The molecule has 0 saturated carbocycles. The second-order valence-electron chi connectivity index (χ2n) is 18.5. The molecule has 0 saturated heterocycles. The minimum atomic E-state index is -3.66. The molecule has 0 aromatic heterocycles. The minimum Gasteiger partial charge on any atom is -0.478 e. The molecule has 0 aliphatic rings. The molecule has 15 nitrogen and oxygen atoms in total. The van der Waals surface area contributed by atoms with E-state index in [-0.39, 0.29) is 33.1 Å². The van der Waals surface area contributed by atoms with E-state index in [1.54, 1.807) is 133 Å². The Morgan fingerprint density at radius 1 is 0.375 bits per heavy atom. The maximum Gasteiger partial charge on any atom is 0.335 e. The van der Waals surface area contributed by atoms with E-state index in [0.29, 0.717) is 62.0 Å². The largest absolute Gasteiger partial charge is 0.478 e. The third-order valence-corrected chi connectivity index (χ3v) is 16.4. The summed E-state index contributed by atoms with van der Waals surface area (Å²) in [5.74, 6) is -2.86. The van der Waals surface area contributed by atoms with Gasteiger partial charge in [0.1, 0.15) is 0 Å². The normalized spacial score (nSPS) is 11.2. The van der Waals surface area contributed by atoms with Crippen molar-refractivity contribution >= 4 is 65.0 Å². The molecule has 80 heavy (non-hydrogen) atoms. The summed E-state index contributed by atoms with van der Waals surface area (Å²) in [7, 11) is -10.6. The van der Waals surface area contributed by atoms with E-state index in [2.05, 4.69) is 14.2 Å². The number of sulfonamides is 3. The lowest BCUT2D eigenvalue weighted by molar-refractivity contribution is 0.0686. The molecule has 0 atom stereocenters. The number of unbranched alkanes of at least 4 members (excludes halogenated alkanes) is 1. The van der Waals surface area contributed by atoms with Gasteiger partial charge in [-0.05, 0) is 151 Å². The first-order chi connectivity index (χ1) is 38.3. The van der Waals surface area contributed by atoms with Gasteiger partial charge < -0.3 is 15.3 Å². The van der Waals surface area contributed by atoms with Crippen LogP contribution in [0, 0.1) is 0 Å². The molecule has 8 aromatic carbocycles. The number of para-hydroxylation sites is 3. The summed E-state index contributed by atoms with van der Waals surface area (Å²) >= 11 is 0. The van der Waals surface area contributed by atoms with Gasteiger partial charge in [-0.1, -0.05) is 153 Å². The van der Waals surface area contributed by atoms with Crippen LogP contribution in [-0.2, 0) is 74.3 Å². The highest BCUT2D eigenvalue weighted by Crippen LogP contribution is 2.24. The molecule has 0 aliphatic heterocycles. The summed E-state index contributed by atoms with van der Waals surface area (Å²) in [5.41, 5.74) is 8.40. The van der Waals surface area contributed by atoms with Crippen molar-refractivity contribution in [3.63, 3.8) is 0 Å². The van der Waals surface area contributed by atoms with Crippen LogP contribution in [0.25, 0.3) is 0 Å². The van der Waals surface area contributed by atoms with Crippen LogP contribution in [-0.4, -0.2) is 64.2 Å². The fourth-order valence-corrected chi connectivity index (χ4v) is 11.9. The highest BCUT2D eigenvalue weighted by molar-refractivity contribution is 7.93. The number of benzene rings is 8. The summed E-state index contributed by atoms with van der Waals surface area (Å²) in [6.45, 7) is 1.95. The maximum atomic E-state index is 12.6. The molecular weight excluding hydrogens is 1070 g/mol. The quantitative estimate of drug-likeness (QED) is 0.0331. The number of aryl methyl sites for hydroxylation is 6. The number of carboxylic acid groups (broad SMARTS) is 3. The molecule has 0 aliphatic carbocycles. The Hall–Kier alpha value is -8.58. The average Bonchev–Trinajstić information content (AvgIpc) is 3.47. The Morgan fingerprint density at radius 2 is 0.713 bits per heavy atom. The van der Waals surface area contributed by atoms with Gasteiger partial charge in [0, 0.05) is 0 Å². The number of hydrogen-bond acceptors (Lipinski definition) is 9. The Morgan fingerprint density at radius 3 is 1.10 bits per heavy atom. The lowest BCUT2D eigenvalue weighted by Crippen LogP contribution is -2.17. The fourth-order valence-electron chi connectivity index (χ4n) is 8.28. The van der Waals surface area contributed by atoms with Crippen molar-refractivity contribution in [1.29, 1.82) is 0 Å². The fraction of sp³-hybridized carbons (Fsp3) is 0.177. The van der Waals surface area contributed by atoms with E-state index in [9.17, 15) is 39.6 Å². The van der Waals surface area contributed by atoms with Crippen molar-refractivity contribution in [3.8, 4) is 0 Å². The molecule has 0 fully saturated rings. The number of carboxylic acids is 3. The number of nitrogens with one attached hydrogen (secondary N) is 3. The van der Waals surface area contributed by atoms with Crippen molar-refractivity contribution in [2.24, 2.45) is 0 Å². The molecule has 416 valence electrons. The second-order valence-corrected chi connectivity index (χ2v) is 23.8. The number of rotatable bonds is 24. The lowest BCUT2D eigenvalue weighted by Gasteiger charge is -2.13. The molecule has 0 bridgehead atoms. The van der Waals surface area contributed by atoms with E-state index in [0.717, 1.165) is 45.4 Å². The van der Waals surface area contributed by atoms with E-state index in [1.807, 2.05) is 79.7 Å². The zero-order valence-corrected chi connectivity index (χ0v) is 46.4. The van der Waals surface area contributed by atoms with Gasteiger partial charge in [0.15, 0.2) is 0 Å². The predicted molar refractivity (Wildman–Crippen MR) is 314 cm³/mol. The van der Waals surface area contributed by atoms with Crippen molar-refractivity contribution < 1.29 is 55.0 Å². The summed E-state index contributed by atoms with van der Waals surface area (Å²) in [4.78, 5) is 33.5. The van der Waals surface area contributed by atoms with E-state index >= 15 is 0 Å². The Bertz CT molecular complexity index is 3710. The summed E-state index contributed by atoms with van der Waals surface area (Å²) in [5, 5.41) is 27.3. The summed E-state index contributed by atoms with van der Waals surface area (Å²) in [6.07, 6.45) is 5.08. The zero-order chi connectivity index (χ0) is 57.5. The number of anilines is 3. The van der Waals surface area contributed by atoms with Gasteiger partial charge in [-0.3, -0.25) is 14.2 Å². The minimum absolute atomic E-state index is 0.0944. The molecule has 8 aromatic rings. The third-order valence-electron chi connectivity index (χ3n) is 12.4. The first kappa shape index (κ1) is 60.6. The molecule has 8 rings (SSSR count). The molecule has 6 N–H and O–H groups in total. The lowest BCUT2D eigenvalue weighted by atomic mass is 10.0. The summed E-state index contributed by atoms with van der Waals surface area (Å²) in [6, 6.07) is 59.4. The van der Waals surface area contributed by atoms with Crippen LogP contribution >= 0.6 is 0 Å². The first-order valence-electron chi connectivity index (χ1n) is 25.6. The van der Waals surface area contributed by atoms with Crippen molar-refractivity contribution in [3.05, 3.63) is 262 Å². The second kappa shape index (κ2) is 29.4. The number of hydrogen-bond donors (Lipinski definition) is 6. The van der Waals surface area contributed by atoms with Crippen LogP contribution in [0.1, 0.15) is 89.8 Å². The van der Waals surface area contributed by atoms with Crippen LogP contribution in [0.5, 0.6) is 0 Å². The molecule has 0 unspecified atom stereocenters. The van der Waals surface area contributed by atoms with Gasteiger partial charge in [0.2, 0.25) is 20.0 Å². The monoisotopic (exact) mass is 1140 g/mol. The van der Waals surface area contributed by atoms with E-state index in [1.165, 1.54) is 0 Å². The van der Waals surface area contributed by atoms with Crippen LogP contribution < -0.4 is 14.2 Å². The van der Waals surface area contributed by atoms with E-state index in [4.69, 9.17) is 15.3 Å². The van der Waals surface area contributed by atoms with Gasteiger partial charge in [-0.2, -0.15) is 0 Å². The SMILES string of the molecule is CCCCS(=O)(=O)Nc1ccccc1CCc1cccc(C(=O)O)c1.O=C(O)c1cccc(CCc2ccccc2NS(=O)(=O)Cc2ccccc2)c1.O=C(O)c1cccc(CCc2ccccc2NS(=O)(=O)c2ccccc2)c1. The molecule has 0 heterocycles. The molecule has 0 spiro atoms.